The number of carbonyl (C=O) groups is 2. The van der Waals surface area contributed by atoms with Gasteiger partial charge in [0, 0.05) is 12.7 Å². The molecule has 9 heteroatoms. The molecule has 0 aliphatic heterocycles. The standard InChI is InChI=1S/C21H23N5O3S/c1-14-7-6-8-15(11-14)22-20(28)13-30-21-25-24-18(26(21)2)12-19(27)23-16-9-4-5-10-17(16)29-3/h4-11H,12-13H2,1-3H3,(H,22,28)(H,23,27). The number of hydrogen-bond acceptors (Lipinski definition) is 6. The Kier molecular flexibility index (Phi) is 7.08. The molecule has 0 unspecified atom stereocenters. The van der Waals surface area contributed by atoms with Gasteiger partial charge in [0.1, 0.15) is 11.6 Å². The first-order valence-electron chi connectivity index (χ1n) is 9.26. The fourth-order valence-corrected chi connectivity index (χ4v) is 3.49. The highest BCUT2D eigenvalue weighted by molar-refractivity contribution is 7.99. The molecule has 3 aromatic rings. The average Bonchev–Trinajstić information content (AvgIpc) is 3.06. The number of aryl methyl sites for hydroxylation is 1. The Labute approximate surface area is 179 Å². The van der Waals surface area contributed by atoms with Crippen LogP contribution in [0.25, 0.3) is 0 Å². The lowest BCUT2D eigenvalue weighted by molar-refractivity contribution is -0.116. The Hall–Kier alpha value is -3.33. The second-order valence-corrected chi connectivity index (χ2v) is 7.53. The molecule has 8 nitrogen and oxygen atoms in total. The Morgan fingerprint density at radius 2 is 1.87 bits per heavy atom. The summed E-state index contributed by atoms with van der Waals surface area (Å²) in [5, 5.41) is 14.4. The largest absolute Gasteiger partial charge is 0.495 e. The van der Waals surface area contributed by atoms with E-state index in [1.165, 1.54) is 11.8 Å². The maximum atomic E-state index is 12.4. The fraction of sp³-hybridized carbons (Fsp3) is 0.238. The van der Waals surface area contributed by atoms with Crippen LogP contribution in [0.4, 0.5) is 11.4 Å². The summed E-state index contributed by atoms with van der Waals surface area (Å²) in [5.41, 5.74) is 2.42. The minimum Gasteiger partial charge on any atom is -0.495 e. The molecule has 0 saturated heterocycles. The first kappa shape index (κ1) is 21.4. The number of carbonyl (C=O) groups excluding carboxylic acids is 2. The predicted octanol–water partition coefficient (Wildman–Crippen LogP) is 3.04. The van der Waals surface area contributed by atoms with Gasteiger partial charge in [-0.2, -0.15) is 0 Å². The number of amides is 2. The van der Waals surface area contributed by atoms with Crippen molar-refractivity contribution in [3.63, 3.8) is 0 Å². The van der Waals surface area contributed by atoms with E-state index in [2.05, 4.69) is 20.8 Å². The molecular weight excluding hydrogens is 402 g/mol. The highest BCUT2D eigenvalue weighted by Gasteiger charge is 2.15. The minimum absolute atomic E-state index is 0.0532. The molecule has 30 heavy (non-hydrogen) atoms. The Morgan fingerprint density at radius 1 is 1.07 bits per heavy atom. The zero-order valence-corrected chi connectivity index (χ0v) is 17.8. The lowest BCUT2D eigenvalue weighted by Crippen LogP contribution is -2.17. The minimum atomic E-state index is -0.233. The third-order valence-corrected chi connectivity index (χ3v) is 5.28. The molecule has 2 N–H and O–H groups in total. The third kappa shape index (κ3) is 5.60. The van der Waals surface area contributed by atoms with Gasteiger partial charge >= 0.3 is 0 Å². The summed E-state index contributed by atoms with van der Waals surface area (Å²) in [6, 6.07) is 14.8. The molecule has 3 rings (SSSR count). The SMILES string of the molecule is COc1ccccc1NC(=O)Cc1nnc(SCC(=O)Nc2cccc(C)c2)n1C. The number of methoxy groups -OCH3 is 1. The fourth-order valence-electron chi connectivity index (χ4n) is 2.76. The molecule has 2 amide bonds. The molecule has 0 fully saturated rings. The van der Waals surface area contributed by atoms with Gasteiger partial charge in [-0.05, 0) is 36.8 Å². The van der Waals surface area contributed by atoms with Crippen LogP contribution in [0.5, 0.6) is 5.75 Å². The summed E-state index contributed by atoms with van der Waals surface area (Å²) in [4.78, 5) is 24.6. The lowest BCUT2D eigenvalue weighted by Gasteiger charge is -2.09. The second-order valence-electron chi connectivity index (χ2n) is 6.59. The van der Waals surface area contributed by atoms with Crippen molar-refractivity contribution in [2.24, 2.45) is 7.05 Å². The topological polar surface area (TPSA) is 98.1 Å². The summed E-state index contributed by atoms with van der Waals surface area (Å²) in [7, 11) is 3.32. The van der Waals surface area contributed by atoms with Gasteiger partial charge in [0.15, 0.2) is 5.16 Å². The molecular formula is C21H23N5O3S. The number of rotatable bonds is 8. The zero-order chi connectivity index (χ0) is 21.5. The highest BCUT2D eigenvalue weighted by atomic mass is 32.2. The smallest absolute Gasteiger partial charge is 0.234 e. The monoisotopic (exact) mass is 425 g/mol. The van der Waals surface area contributed by atoms with Crippen molar-refractivity contribution >= 4 is 35.0 Å². The second kappa shape index (κ2) is 9.93. The van der Waals surface area contributed by atoms with E-state index >= 15 is 0 Å². The highest BCUT2D eigenvalue weighted by Crippen LogP contribution is 2.23. The molecule has 0 aliphatic rings. The van der Waals surface area contributed by atoms with Crippen molar-refractivity contribution in [1.82, 2.24) is 14.8 Å². The number of benzene rings is 2. The van der Waals surface area contributed by atoms with Crippen LogP contribution < -0.4 is 15.4 Å². The summed E-state index contributed by atoms with van der Waals surface area (Å²) < 4.78 is 6.95. The quantitative estimate of drug-likeness (QED) is 0.539. The van der Waals surface area contributed by atoms with Crippen LogP contribution in [0.15, 0.2) is 53.7 Å². The van der Waals surface area contributed by atoms with E-state index in [4.69, 9.17) is 4.74 Å². The third-order valence-electron chi connectivity index (χ3n) is 4.26. The summed E-state index contributed by atoms with van der Waals surface area (Å²) in [6.07, 6.45) is 0.0532. The summed E-state index contributed by atoms with van der Waals surface area (Å²) in [5.74, 6) is 0.907. The number of para-hydroxylation sites is 2. The van der Waals surface area contributed by atoms with Crippen LogP contribution >= 0.6 is 11.8 Å². The number of ether oxygens (including phenoxy) is 1. The van der Waals surface area contributed by atoms with Gasteiger partial charge in [-0.3, -0.25) is 9.59 Å². The van der Waals surface area contributed by atoms with Crippen LogP contribution in [0.2, 0.25) is 0 Å². The summed E-state index contributed by atoms with van der Waals surface area (Å²) >= 11 is 1.26. The number of nitrogens with one attached hydrogen (secondary N) is 2. The first-order chi connectivity index (χ1) is 14.5. The van der Waals surface area contributed by atoms with Crippen LogP contribution in [-0.4, -0.2) is 39.4 Å². The molecule has 1 aromatic heterocycles. The van der Waals surface area contributed by atoms with E-state index in [0.717, 1.165) is 11.3 Å². The van der Waals surface area contributed by atoms with Gasteiger partial charge in [0.2, 0.25) is 11.8 Å². The van der Waals surface area contributed by atoms with Crippen molar-refractivity contribution < 1.29 is 14.3 Å². The Morgan fingerprint density at radius 3 is 2.63 bits per heavy atom. The van der Waals surface area contributed by atoms with Gasteiger partial charge in [0.05, 0.1) is 25.0 Å². The van der Waals surface area contributed by atoms with Crippen LogP contribution in [-0.2, 0) is 23.1 Å². The van der Waals surface area contributed by atoms with Gasteiger partial charge in [0.25, 0.3) is 0 Å². The van der Waals surface area contributed by atoms with Crippen molar-refractivity contribution in [2.45, 2.75) is 18.5 Å². The van der Waals surface area contributed by atoms with Crippen LogP contribution in [0, 0.1) is 6.92 Å². The maximum absolute atomic E-state index is 12.4. The molecule has 0 spiro atoms. The van der Waals surface area contributed by atoms with Gasteiger partial charge in [-0.15, -0.1) is 10.2 Å². The van der Waals surface area contributed by atoms with E-state index in [9.17, 15) is 9.59 Å². The average molecular weight is 426 g/mol. The van der Waals surface area contributed by atoms with E-state index in [1.54, 1.807) is 30.9 Å². The first-order valence-corrected chi connectivity index (χ1v) is 10.3. The van der Waals surface area contributed by atoms with Crippen molar-refractivity contribution in [1.29, 1.82) is 0 Å². The Balaban J connectivity index is 1.55. The normalized spacial score (nSPS) is 10.5. The van der Waals surface area contributed by atoms with Crippen LogP contribution in [0.3, 0.4) is 0 Å². The molecule has 156 valence electrons. The Bertz CT molecular complexity index is 1050. The number of anilines is 2. The van der Waals surface area contributed by atoms with Crippen molar-refractivity contribution in [3.8, 4) is 5.75 Å². The van der Waals surface area contributed by atoms with E-state index in [-0.39, 0.29) is 24.0 Å². The number of nitrogens with zero attached hydrogens (tertiary/aromatic N) is 3. The van der Waals surface area contributed by atoms with Gasteiger partial charge in [-0.1, -0.05) is 36.0 Å². The number of aromatic nitrogens is 3. The number of thioether (sulfide) groups is 1. The zero-order valence-electron chi connectivity index (χ0n) is 17.0. The van der Waals surface area contributed by atoms with E-state index in [1.807, 2.05) is 43.3 Å². The predicted molar refractivity (Wildman–Crippen MR) is 117 cm³/mol. The molecule has 0 saturated carbocycles. The van der Waals surface area contributed by atoms with E-state index in [0.29, 0.717) is 22.4 Å². The molecule has 1 heterocycles. The maximum Gasteiger partial charge on any atom is 0.234 e. The summed E-state index contributed by atoms with van der Waals surface area (Å²) in [6.45, 7) is 1.97. The molecule has 0 atom stereocenters. The molecule has 0 bridgehead atoms. The van der Waals surface area contributed by atoms with Crippen molar-refractivity contribution in [3.05, 3.63) is 59.9 Å². The lowest BCUT2D eigenvalue weighted by atomic mass is 10.2. The van der Waals surface area contributed by atoms with Gasteiger partial charge < -0.3 is 19.9 Å². The number of hydrogen-bond donors (Lipinski definition) is 2. The molecule has 0 aliphatic carbocycles. The van der Waals surface area contributed by atoms with Crippen LogP contribution in [0.1, 0.15) is 11.4 Å². The molecule has 0 radical (unpaired) electrons. The van der Waals surface area contributed by atoms with Gasteiger partial charge in [-0.25, -0.2) is 0 Å². The molecule has 2 aromatic carbocycles. The van der Waals surface area contributed by atoms with Crippen molar-refractivity contribution in [2.75, 3.05) is 23.5 Å². The van der Waals surface area contributed by atoms with E-state index < -0.39 is 0 Å².